The summed E-state index contributed by atoms with van der Waals surface area (Å²) in [4.78, 5) is 4.74. The van der Waals surface area contributed by atoms with Crippen LogP contribution in [0.1, 0.15) is 25.0 Å². The Hall–Kier alpha value is -1.06. The first-order valence-corrected chi connectivity index (χ1v) is 4.98. The zero-order valence-electron chi connectivity index (χ0n) is 9.83. The largest absolute Gasteiger partial charge is 0.496 e. The van der Waals surface area contributed by atoms with Crippen LogP contribution in [0.2, 0.25) is 0 Å². The highest BCUT2D eigenvalue weighted by Crippen LogP contribution is 2.32. The summed E-state index contributed by atoms with van der Waals surface area (Å²) in [6.07, 6.45) is 0. The van der Waals surface area contributed by atoms with Gasteiger partial charge in [0, 0.05) is 11.0 Å². The molecule has 0 aliphatic carbocycles. The van der Waals surface area contributed by atoms with E-state index in [0.29, 0.717) is 6.61 Å². The van der Waals surface area contributed by atoms with Crippen molar-refractivity contribution < 1.29 is 9.57 Å². The molecular formula is C12H19NO2. The molecule has 0 aliphatic heterocycles. The van der Waals surface area contributed by atoms with Gasteiger partial charge in [0.2, 0.25) is 0 Å². The number of aryl methyl sites for hydroxylation is 1. The number of nitrogens with two attached hydrogens (primary N) is 1. The fourth-order valence-electron chi connectivity index (χ4n) is 1.64. The van der Waals surface area contributed by atoms with Crippen molar-refractivity contribution >= 4 is 0 Å². The summed E-state index contributed by atoms with van der Waals surface area (Å²) in [7, 11) is 1.67. The van der Waals surface area contributed by atoms with E-state index in [0.717, 1.165) is 11.3 Å². The first-order chi connectivity index (χ1) is 7.01. The second-order valence-electron chi connectivity index (χ2n) is 4.40. The molecule has 1 rings (SSSR count). The van der Waals surface area contributed by atoms with E-state index in [4.69, 9.17) is 15.5 Å². The van der Waals surface area contributed by atoms with E-state index in [2.05, 4.69) is 26.8 Å². The third kappa shape index (κ3) is 2.70. The van der Waals surface area contributed by atoms with Gasteiger partial charge in [0.1, 0.15) is 5.75 Å². The third-order valence-corrected chi connectivity index (χ3v) is 2.53. The average Bonchev–Trinajstić information content (AvgIpc) is 2.17. The van der Waals surface area contributed by atoms with Crippen LogP contribution in [0.25, 0.3) is 0 Å². The second kappa shape index (κ2) is 4.64. The minimum Gasteiger partial charge on any atom is -0.496 e. The van der Waals surface area contributed by atoms with Crippen molar-refractivity contribution in [3.63, 3.8) is 0 Å². The van der Waals surface area contributed by atoms with E-state index >= 15 is 0 Å². The molecule has 84 valence electrons. The maximum absolute atomic E-state index is 5.34. The lowest BCUT2D eigenvalue weighted by molar-refractivity contribution is 0.0954. The van der Waals surface area contributed by atoms with E-state index in [1.54, 1.807) is 7.11 Å². The van der Waals surface area contributed by atoms with Crippen LogP contribution in [-0.2, 0) is 10.3 Å². The van der Waals surface area contributed by atoms with Crippen LogP contribution >= 0.6 is 0 Å². The number of hydrogen-bond donors (Lipinski definition) is 1. The van der Waals surface area contributed by atoms with Gasteiger partial charge in [0.25, 0.3) is 0 Å². The molecule has 1 aromatic carbocycles. The lowest BCUT2D eigenvalue weighted by atomic mass is 9.84. The van der Waals surface area contributed by atoms with Crippen molar-refractivity contribution in [2.24, 2.45) is 5.90 Å². The van der Waals surface area contributed by atoms with Crippen LogP contribution in [0, 0.1) is 6.92 Å². The van der Waals surface area contributed by atoms with Gasteiger partial charge in [0.05, 0.1) is 13.7 Å². The second-order valence-corrected chi connectivity index (χ2v) is 4.40. The zero-order valence-corrected chi connectivity index (χ0v) is 9.83. The molecule has 0 aromatic heterocycles. The van der Waals surface area contributed by atoms with Gasteiger partial charge in [-0.05, 0) is 13.0 Å². The first kappa shape index (κ1) is 12.0. The van der Waals surface area contributed by atoms with Crippen molar-refractivity contribution in [3.05, 3.63) is 29.3 Å². The molecule has 0 spiro atoms. The van der Waals surface area contributed by atoms with Crippen LogP contribution in [0.5, 0.6) is 5.75 Å². The molecule has 0 amide bonds. The molecule has 1 aromatic rings. The number of rotatable bonds is 4. The van der Waals surface area contributed by atoms with E-state index in [1.807, 2.05) is 12.1 Å². The van der Waals surface area contributed by atoms with Gasteiger partial charge in [-0.2, -0.15) is 0 Å². The molecule has 3 nitrogen and oxygen atoms in total. The highest BCUT2D eigenvalue weighted by molar-refractivity contribution is 5.41. The van der Waals surface area contributed by atoms with Gasteiger partial charge < -0.3 is 9.57 Å². The maximum Gasteiger partial charge on any atom is 0.122 e. The van der Waals surface area contributed by atoms with Gasteiger partial charge >= 0.3 is 0 Å². The number of ether oxygens (including phenoxy) is 1. The molecular weight excluding hydrogens is 190 g/mol. The first-order valence-electron chi connectivity index (χ1n) is 4.98. The number of methoxy groups -OCH3 is 1. The minimum atomic E-state index is -0.147. The van der Waals surface area contributed by atoms with Gasteiger partial charge in [-0.1, -0.05) is 31.5 Å². The molecule has 0 atom stereocenters. The summed E-state index contributed by atoms with van der Waals surface area (Å²) in [5.41, 5.74) is 2.18. The van der Waals surface area contributed by atoms with E-state index < -0.39 is 0 Å². The van der Waals surface area contributed by atoms with Crippen molar-refractivity contribution in [2.75, 3.05) is 13.7 Å². The maximum atomic E-state index is 5.34. The van der Waals surface area contributed by atoms with Gasteiger partial charge in [0.15, 0.2) is 0 Å². The molecule has 0 bridgehead atoms. The predicted molar refractivity (Wildman–Crippen MR) is 60.9 cm³/mol. The van der Waals surface area contributed by atoms with Crippen molar-refractivity contribution in [2.45, 2.75) is 26.2 Å². The Morgan fingerprint density at radius 1 is 1.33 bits per heavy atom. The standard InChI is InChI=1S/C12H19NO2/c1-9-5-6-11(14-4)10(7-9)12(2,3)8-15-13/h5-7H,8,13H2,1-4H3. The molecule has 0 saturated heterocycles. The third-order valence-electron chi connectivity index (χ3n) is 2.53. The molecule has 0 radical (unpaired) electrons. The highest BCUT2D eigenvalue weighted by atomic mass is 16.6. The Morgan fingerprint density at radius 3 is 2.53 bits per heavy atom. The molecule has 0 aliphatic rings. The summed E-state index contributed by atoms with van der Waals surface area (Å²) >= 11 is 0. The minimum absolute atomic E-state index is 0.147. The molecule has 0 fully saturated rings. The monoisotopic (exact) mass is 209 g/mol. The Bertz CT molecular complexity index is 334. The molecule has 15 heavy (non-hydrogen) atoms. The lowest BCUT2D eigenvalue weighted by Gasteiger charge is -2.26. The Kier molecular flexibility index (Phi) is 3.72. The summed E-state index contributed by atoms with van der Waals surface area (Å²) in [5.74, 6) is 6.02. The Balaban J connectivity index is 3.15. The molecule has 0 heterocycles. The fraction of sp³-hybridized carbons (Fsp3) is 0.500. The number of hydrogen-bond acceptors (Lipinski definition) is 3. The Morgan fingerprint density at radius 2 is 2.00 bits per heavy atom. The normalized spacial score (nSPS) is 11.5. The van der Waals surface area contributed by atoms with Crippen molar-refractivity contribution in [3.8, 4) is 5.75 Å². The highest BCUT2D eigenvalue weighted by Gasteiger charge is 2.24. The summed E-state index contributed by atoms with van der Waals surface area (Å²) in [5, 5.41) is 0. The van der Waals surface area contributed by atoms with Gasteiger partial charge in [-0.3, -0.25) is 0 Å². The molecule has 0 unspecified atom stereocenters. The molecule has 2 N–H and O–H groups in total. The molecule has 0 saturated carbocycles. The summed E-state index contributed by atoms with van der Waals surface area (Å²) in [6, 6.07) is 6.11. The van der Waals surface area contributed by atoms with E-state index in [-0.39, 0.29) is 5.41 Å². The Labute approximate surface area is 91.1 Å². The summed E-state index contributed by atoms with van der Waals surface area (Å²) in [6.45, 7) is 6.68. The van der Waals surface area contributed by atoms with Crippen LogP contribution in [0.15, 0.2) is 18.2 Å². The average molecular weight is 209 g/mol. The zero-order chi connectivity index (χ0) is 11.5. The summed E-state index contributed by atoms with van der Waals surface area (Å²) < 4.78 is 5.34. The van der Waals surface area contributed by atoms with E-state index in [9.17, 15) is 0 Å². The lowest BCUT2D eigenvalue weighted by Crippen LogP contribution is -2.26. The van der Waals surface area contributed by atoms with Crippen LogP contribution in [0.3, 0.4) is 0 Å². The van der Waals surface area contributed by atoms with Crippen LogP contribution in [-0.4, -0.2) is 13.7 Å². The number of benzene rings is 1. The smallest absolute Gasteiger partial charge is 0.122 e. The van der Waals surface area contributed by atoms with Crippen molar-refractivity contribution in [1.82, 2.24) is 0 Å². The SMILES string of the molecule is COc1ccc(C)cc1C(C)(C)CON. The fourth-order valence-corrected chi connectivity index (χ4v) is 1.64. The topological polar surface area (TPSA) is 44.5 Å². The van der Waals surface area contributed by atoms with Crippen LogP contribution < -0.4 is 10.6 Å². The quantitative estimate of drug-likeness (QED) is 0.773. The predicted octanol–water partition coefficient (Wildman–Crippen LogP) is 2.17. The molecule has 3 heteroatoms. The van der Waals surface area contributed by atoms with Crippen LogP contribution in [0.4, 0.5) is 0 Å². The van der Waals surface area contributed by atoms with Gasteiger partial charge in [-0.15, -0.1) is 0 Å². The van der Waals surface area contributed by atoms with E-state index in [1.165, 1.54) is 5.56 Å². The van der Waals surface area contributed by atoms with Gasteiger partial charge in [-0.25, -0.2) is 5.90 Å². The van der Waals surface area contributed by atoms with Crippen molar-refractivity contribution in [1.29, 1.82) is 0 Å².